The number of nitrogens with zero attached hydrogens (tertiary/aromatic N) is 5. The molecule has 0 amide bonds. The highest BCUT2D eigenvalue weighted by Gasteiger charge is 2.22. The monoisotopic (exact) mass is 564 g/mol. The summed E-state index contributed by atoms with van der Waals surface area (Å²) in [5.74, 6) is 2.67. The van der Waals surface area contributed by atoms with Crippen LogP contribution in [0, 0.1) is 6.92 Å². The van der Waals surface area contributed by atoms with Crippen LogP contribution in [0.15, 0.2) is 34.2 Å². The molecule has 1 N–H and O–H groups in total. The van der Waals surface area contributed by atoms with Gasteiger partial charge in [0.2, 0.25) is 0 Å². The molecule has 2 heterocycles. The molecule has 0 aliphatic carbocycles. The Morgan fingerprint density at radius 3 is 2.57 bits per heavy atom. The highest BCUT2D eigenvalue weighted by atomic mass is 127. The first-order chi connectivity index (χ1) is 14.1. The molecular formula is C20H30ClIN6OS. The molecule has 10 heteroatoms. The third kappa shape index (κ3) is 7.28. The number of thioether (sulfide) groups is 1. The van der Waals surface area contributed by atoms with Crippen LogP contribution in [0.2, 0.25) is 5.02 Å². The van der Waals surface area contributed by atoms with E-state index < -0.39 is 0 Å². The Bertz CT molecular complexity index is 808. The van der Waals surface area contributed by atoms with Crippen LogP contribution >= 0.6 is 47.3 Å². The normalized spacial score (nSPS) is 15.2. The van der Waals surface area contributed by atoms with Gasteiger partial charge in [-0.15, -0.1) is 45.9 Å². The molecule has 0 radical (unpaired) electrons. The van der Waals surface area contributed by atoms with Crippen molar-refractivity contribution >= 4 is 53.3 Å². The van der Waals surface area contributed by atoms with Gasteiger partial charge in [-0.05, 0) is 44.0 Å². The molecule has 166 valence electrons. The van der Waals surface area contributed by atoms with Crippen molar-refractivity contribution in [1.29, 1.82) is 0 Å². The molecule has 1 aromatic carbocycles. The number of nitrogens with one attached hydrogen (secondary N) is 1. The van der Waals surface area contributed by atoms with Crippen molar-refractivity contribution in [2.45, 2.75) is 36.5 Å². The lowest BCUT2D eigenvalue weighted by Gasteiger charge is -2.34. The Balaban J connectivity index is 0.00000320. The van der Waals surface area contributed by atoms with Crippen LogP contribution < -0.4 is 5.32 Å². The van der Waals surface area contributed by atoms with E-state index in [-0.39, 0.29) is 24.0 Å². The summed E-state index contributed by atoms with van der Waals surface area (Å²) >= 11 is 7.93. The van der Waals surface area contributed by atoms with E-state index in [0.717, 1.165) is 55.1 Å². The average Bonchev–Trinajstić information content (AvgIpc) is 3.05. The Labute approximate surface area is 205 Å². The van der Waals surface area contributed by atoms with Crippen LogP contribution in [0.3, 0.4) is 0 Å². The van der Waals surface area contributed by atoms with Gasteiger partial charge in [0.05, 0.1) is 6.61 Å². The molecule has 0 bridgehead atoms. The smallest absolute Gasteiger partial charge is 0.194 e. The number of guanidine groups is 1. The van der Waals surface area contributed by atoms with Crippen LogP contribution in [0.4, 0.5) is 0 Å². The Morgan fingerprint density at radius 1 is 1.27 bits per heavy atom. The van der Waals surface area contributed by atoms with Crippen molar-refractivity contribution < 1.29 is 4.74 Å². The molecule has 30 heavy (non-hydrogen) atoms. The van der Waals surface area contributed by atoms with E-state index in [1.54, 1.807) is 7.11 Å². The standard InChI is InChI=1S/C20H29ClN6OS.HI/c1-15-24-25-19(26(15)2)14-23-20(22-10-13-28-3)27-11-8-18(9-12-27)29-17-6-4-16(21)5-7-17;/h4-7,18H,8-14H2,1-3H3,(H,22,23);1H. The van der Waals surface area contributed by atoms with E-state index in [4.69, 9.17) is 21.3 Å². The number of aliphatic imine (C=N–C) groups is 1. The largest absolute Gasteiger partial charge is 0.383 e. The van der Waals surface area contributed by atoms with Gasteiger partial charge in [-0.2, -0.15) is 0 Å². The second-order valence-electron chi connectivity index (χ2n) is 7.04. The molecule has 1 saturated heterocycles. The second kappa shape index (κ2) is 12.7. The minimum Gasteiger partial charge on any atom is -0.383 e. The summed E-state index contributed by atoms with van der Waals surface area (Å²) in [4.78, 5) is 8.42. The molecule has 3 rings (SSSR count). The zero-order chi connectivity index (χ0) is 20.6. The van der Waals surface area contributed by atoms with Crippen LogP contribution in [-0.2, 0) is 18.3 Å². The number of aryl methyl sites for hydroxylation is 1. The maximum Gasteiger partial charge on any atom is 0.194 e. The van der Waals surface area contributed by atoms with E-state index in [1.165, 1.54) is 4.90 Å². The number of ether oxygens (including phenoxy) is 1. The quantitative estimate of drug-likeness (QED) is 0.239. The van der Waals surface area contributed by atoms with Crippen LogP contribution in [0.25, 0.3) is 0 Å². The van der Waals surface area contributed by atoms with Gasteiger partial charge < -0.3 is 19.5 Å². The van der Waals surface area contributed by atoms with Crippen molar-refractivity contribution in [3.63, 3.8) is 0 Å². The first-order valence-corrected chi connectivity index (χ1v) is 11.1. The maximum atomic E-state index is 5.99. The molecule has 1 aromatic heterocycles. The summed E-state index contributed by atoms with van der Waals surface area (Å²) in [5.41, 5.74) is 0. The first kappa shape index (κ1) is 25.2. The van der Waals surface area contributed by atoms with Gasteiger partial charge in [0.25, 0.3) is 0 Å². The van der Waals surface area contributed by atoms with Gasteiger partial charge in [-0.3, -0.25) is 0 Å². The average molecular weight is 565 g/mol. The van der Waals surface area contributed by atoms with Crippen LogP contribution in [-0.4, -0.2) is 64.2 Å². The van der Waals surface area contributed by atoms with Crippen LogP contribution in [0.1, 0.15) is 24.5 Å². The number of halogens is 2. The van der Waals surface area contributed by atoms with E-state index in [2.05, 4.69) is 32.5 Å². The van der Waals surface area contributed by atoms with Crippen molar-refractivity contribution in [3.05, 3.63) is 40.9 Å². The SMILES string of the molecule is COCCNC(=NCc1nnc(C)n1C)N1CCC(Sc2ccc(Cl)cc2)CC1.I. The van der Waals surface area contributed by atoms with Crippen LogP contribution in [0.5, 0.6) is 0 Å². The van der Waals surface area contributed by atoms with Gasteiger partial charge >= 0.3 is 0 Å². The zero-order valence-electron chi connectivity index (χ0n) is 17.7. The Hall–Kier alpha value is -1.04. The fourth-order valence-electron chi connectivity index (χ4n) is 3.16. The maximum absolute atomic E-state index is 5.99. The number of piperidine rings is 1. The molecule has 0 atom stereocenters. The fraction of sp³-hybridized carbons (Fsp3) is 0.550. The summed E-state index contributed by atoms with van der Waals surface area (Å²) in [6, 6.07) is 8.11. The third-order valence-electron chi connectivity index (χ3n) is 5.00. The molecule has 0 saturated carbocycles. The molecular weight excluding hydrogens is 535 g/mol. The molecule has 0 unspecified atom stereocenters. The third-order valence-corrected chi connectivity index (χ3v) is 6.60. The molecule has 1 aliphatic heterocycles. The van der Waals surface area contributed by atoms with Gasteiger partial charge in [0, 0.05) is 49.0 Å². The van der Waals surface area contributed by atoms with Crippen molar-refractivity contribution in [2.75, 3.05) is 33.4 Å². The molecule has 7 nitrogen and oxygen atoms in total. The number of benzene rings is 1. The number of hydrogen-bond donors (Lipinski definition) is 1. The summed E-state index contributed by atoms with van der Waals surface area (Å²) < 4.78 is 7.16. The molecule has 0 spiro atoms. The summed E-state index contributed by atoms with van der Waals surface area (Å²) in [7, 11) is 3.68. The topological polar surface area (TPSA) is 67.6 Å². The molecule has 1 aliphatic rings. The van der Waals surface area contributed by atoms with E-state index >= 15 is 0 Å². The van der Waals surface area contributed by atoms with Crippen molar-refractivity contribution in [1.82, 2.24) is 25.0 Å². The Morgan fingerprint density at radius 2 is 1.97 bits per heavy atom. The second-order valence-corrected chi connectivity index (χ2v) is 8.85. The van der Waals surface area contributed by atoms with Gasteiger partial charge in [0.15, 0.2) is 11.8 Å². The first-order valence-electron chi connectivity index (χ1n) is 9.86. The summed E-state index contributed by atoms with van der Waals surface area (Å²) in [5, 5.41) is 13.1. The van der Waals surface area contributed by atoms with E-state index in [1.807, 2.05) is 42.4 Å². The number of rotatable bonds is 7. The number of aromatic nitrogens is 3. The van der Waals surface area contributed by atoms with Crippen molar-refractivity contribution in [3.8, 4) is 0 Å². The minimum absolute atomic E-state index is 0. The lowest BCUT2D eigenvalue weighted by molar-refractivity contribution is 0.202. The van der Waals surface area contributed by atoms with Gasteiger partial charge in [0.1, 0.15) is 12.4 Å². The van der Waals surface area contributed by atoms with E-state index in [0.29, 0.717) is 18.4 Å². The number of methoxy groups -OCH3 is 1. The van der Waals surface area contributed by atoms with Gasteiger partial charge in [-0.1, -0.05) is 11.6 Å². The fourth-order valence-corrected chi connectivity index (χ4v) is 4.41. The molecule has 2 aromatic rings. The number of likely N-dealkylation sites (tertiary alicyclic amines) is 1. The zero-order valence-corrected chi connectivity index (χ0v) is 21.6. The predicted molar refractivity (Wildman–Crippen MR) is 134 cm³/mol. The lowest BCUT2D eigenvalue weighted by atomic mass is 10.1. The Kier molecular flexibility index (Phi) is 10.7. The summed E-state index contributed by atoms with van der Waals surface area (Å²) in [6.45, 7) is 5.77. The summed E-state index contributed by atoms with van der Waals surface area (Å²) in [6.07, 6.45) is 2.22. The predicted octanol–water partition coefficient (Wildman–Crippen LogP) is 3.74. The minimum atomic E-state index is 0. The highest BCUT2D eigenvalue weighted by Crippen LogP contribution is 2.31. The van der Waals surface area contributed by atoms with Gasteiger partial charge in [-0.25, -0.2) is 4.99 Å². The lowest BCUT2D eigenvalue weighted by Crippen LogP contribution is -2.47. The van der Waals surface area contributed by atoms with Crippen molar-refractivity contribution in [2.24, 2.45) is 12.0 Å². The molecule has 1 fully saturated rings. The number of hydrogen-bond acceptors (Lipinski definition) is 5. The van der Waals surface area contributed by atoms with E-state index in [9.17, 15) is 0 Å². The highest BCUT2D eigenvalue weighted by molar-refractivity contribution is 14.0.